The quantitative estimate of drug-likeness (QED) is 0.821. The summed E-state index contributed by atoms with van der Waals surface area (Å²) in [4.78, 5) is 13.9. The number of carbonyl (C=O) groups excluding carboxylic acids is 1. The topological polar surface area (TPSA) is 53.6 Å². The number of amides is 1. The third kappa shape index (κ3) is 3.76. The Morgan fingerprint density at radius 1 is 1.39 bits per heavy atom. The Morgan fingerprint density at radius 3 is 2.65 bits per heavy atom. The van der Waals surface area contributed by atoms with Crippen molar-refractivity contribution in [1.82, 2.24) is 15.5 Å². The average Bonchev–Trinajstić information content (AvgIpc) is 2.45. The summed E-state index contributed by atoms with van der Waals surface area (Å²) >= 11 is 5.10. The van der Waals surface area contributed by atoms with Gasteiger partial charge < -0.3 is 20.3 Å². The van der Waals surface area contributed by atoms with E-state index in [1.54, 1.807) is 32.3 Å². The smallest absolute Gasteiger partial charge is 0.387 e. The lowest BCUT2D eigenvalue weighted by Gasteiger charge is -2.37. The van der Waals surface area contributed by atoms with Gasteiger partial charge in [0.25, 0.3) is 0 Å². The highest BCUT2D eigenvalue weighted by Gasteiger charge is 2.38. The summed E-state index contributed by atoms with van der Waals surface area (Å²) in [5, 5.41) is 6.04. The highest BCUT2D eigenvalue weighted by molar-refractivity contribution is 7.80. The van der Waals surface area contributed by atoms with Crippen molar-refractivity contribution in [3.05, 3.63) is 42.1 Å². The molecule has 0 unspecified atom stereocenters. The minimum atomic E-state index is -2.96. The number of hydrogen-bond donors (Lipinski definition) is 2. The highest BCUT2D eigenvalue weighted by atomic mass is 32.1. The monoisotopic (exact) mass is 341 g/mol. The number of hydrogen-bond acceptors (Lipinski definition) is 3. The molecule has 0 radical (unpaired) electrons. The van der Waals surface area contributed by atoms with E-state index in [2.05, 4.69) is 21.9 Å². The molecule has 0 aromatic heterocycles. The Morgan fingerprint density at radius 2 is 2.04 bits per heavy atom. The van der Waals surface area contributed by atoms with Crippen molar-refractivity contribution in [3.8, 4) is 5.75 Å². The molecule has 1 aliphatic heterocycles. The number of rotatable bonds is 4. The lowest BCUT2D eigenvalue weighted by molar-refractivity contribution is -0.132. The van der Waals surface area contributed by atoms with Crippen LogP contribution in [-0.4, -0.2) is 36.6 Å². The largest absolute Gasteiger partial charge is 0.434 e. The molecular formula is C15H17F2N3O2S. The van der Waals surface area contributed by atoms with Crippen molar-refractivity contribution in [1.29, 1.82) is 0 Å². The maximum absolute atomic E-state index is 12.6. The van der Waals surface area contributed by atoms with Gasteiger partial charge in [0.1, 0.15) is 11.7 Å². The van der Waals surface area contributed by atoms with Crippen LogP contribution in [0.5, 0.6) is 5.75 Å². The lowest BCUT2D eigenvalue weighted by Crippen LogP contribution is -2.52. The third-order valence-electron chi connectivity index (χ3n) is 3.45. The molecule has 0 aliphatic carbocycles. The molecular weight excluding hydrogens is 324 g/mol. The molecule has 2 rings (SSSR count). The minimum Gasteiger partial charge on any atom is -0.434 e. The van der Waals surface area contributed by atoms with Gasteiger partial charge in [-0.15, -0.1) is 0 Å². The summed E-state index contributed by atoms with van der Waals surface area (Å²) in [6.45, 7) is 0.879. The molecule has 2 N–H and O–H groups in total. The van der Waals surface area contributed by atoms with Gasteiger partial charge in [-0.3, -0.25) is 4.79 Å². The molecule has 124 valence electrons. The molecule has 0 saturated carbocycles. The summed E-state index contributed by atoms with van der Waals surface area (Å²) in [5.74, 6) is -0.942. The number of para-hydroxylation sites is 1. The van der Waals surface area contributed by atoms with Gasteiger partial charge in [0.15, 0.2) is 5.11 Å². The van der Waals surface area contributed by atoms with Gasteiger partial charge in [-0.25, -0.2) is 0 Å². The van der Waals surface area contributed by atoms with Crippen molar-refractivity contribution >= 4 is 23.2 Å². The molecule has 2 atom stereocenters. The molecule has 1 aromatic rings. The molecule has 23 heavy (non-hydrogen) atoms. The predicted octanol–water partition coefficient (Wildman–Crippen LogP) is 2.02. The van der Waals surface area contributed by atoms with Gasteiger partial charge in [0, 0.05) is 25.4 Å². The fourth-order valence-corrected chi connectivity index (χ4v) is 2.71. The molecule has 1 saturated heterocycles. The molecule has 1 amide bonds. The van der Waals surface area contributed by atoms with E-state index in [4.69, 9.17) is 12.2 Å². The second-order valence-corrected chi connectivity index (χ2v) is 5.64. The molecule has 1 heterocycles. The van der Waals surface area contributed by atoms with E-state index in [0.29, 0.717) is 11.3 Å². The first kappa shape index (κ1) is 17.1. The van der Waals surface area contributed by atoms with Crippen LogP contribution in [0, 0.1) is 5.92 Å². The lowest BCUT2D eigenvalue weighted by atomic mass is 9.87. The third-order valence-corrected chi connectivity index (χ3v) is 3.67. The van der Waals surface area contributed by atoms with E-state index < -0.39 is 18.6 Å². The van der Waals surface area contributed by atoms with Crippen LogP contribution in [0.2, 0.25) is 0 Å². The number of benzene rings is 1. The number of halogens is 2. The first-order valence-electron chi connectivity index (χ1n) is 6.82. The van der Waals surface area contributed by atoms with Crippen LogP contribution in [0.4, 0.5) is 8.78 Å². The number of nitrogens with zero attached hydrogens (tertiary/aromatic N) is 1. The first-order valence-corrected chi connectivity index (χ1v) is 7.23. The number of nitrogens with one attached hydrogen (secondary N) is 2. The van der Waals surface area contributed by atoms with Crippen molar-refractivity contribution in [2.45, 2.75) is 12.7 Å². The standard InChI is InChI=1S/C15H17F2N3O2S/c1-8-11(13(21)20(2)3)12(19-15(23)18-8)9-6-4-5-7-10(9)22-14(16)17/h4-7,11-12,14H,1H2,2-3H3,(H2,18,19,23)/t11-,12+/m1/s1. The molecule has 1 fully saturated rings. The van der Waals surface area contributed by atoms with Crippen molar-refractivity contribution in [2.24, 2.45) is 5.92 Å². The van der Waals surface area contributed by atoms with Gasteiger partial charge >= 0.3 is 6.61 Å². The van der Waals surface area contributed by atoms with Gasteiger partial charge in [0.05, 0.1) is 6.04 Å². The van der Waals surface area contributed by atoms with Crippen LogP contribution < -0.4 is 15.4 Å². The highest BCUT2D eigenvalue weighted by Crippen LogP contribution is 2.36. The zero-order valence-corrected chi connectivity index (χ0v) is 13.5. The van der Waals surface area contributed by atoms with E-state index in [9.17, 15) is 13.6 Å². The molecule has 0 spiro atoms. The van der Waals surface area contributed by atoms with Gasteiger partial charge in [-0.2, -0.15) is 8.78 Å². The second-order valence-electron chi connectivity index (χ2n) is 5.23. The Bertz CT molecular complexity index is 637. The molecule has 1 aliphatic rings. The Hall–Kier alpha value is -2.22. The molecule has 5 nitrogen and oxygen atoms in total. The van der Waals surface area contributed by atoms with Crippen LogP contribution in [-0.2, 0) is 4.79 Å². The van der Waals surface area contributed by atoms with E-state index in [-0.39, 0.29) is 16.8 Å². The summed E-state index contributed by atoms with van der Waals surface area (Å²) in [6.07, 6.45) is 0. The summed E-state index contributed by atoms with van der Waals surface area (Å²) in [5.41, 5.74) is 0.822. The van der Waals surface area contributed by atoms with Gasteiger partial charge in [-0.05, 0) is 18.3 Å². The Kier molecular flexibility index (Phi) is 5.15. The average molecular weight is 341 g/mol. The van der Waals surface area contributed by atoms with Crippen LogP contribution in [0.25, 0.3) is 0 Å². The maximum atomic E-state index is 12.6. The van der Waals surface area contributed by atoms with E-state index >= 15 is 0 Å². The zero-order valence-electron chi connectivity index (χ0n) is 12.7. The van der Waals surface area contributed by atoms with Gasteiger partial charge in [-0.1, -0.05) is 24.8 Å². The SMILES string of the molecule is C=C1NC(=S)N[C@@H](c2ccccc2OC(F)F)[C@@H]1C(=O)N(C)C. The summed E-state index contributed by atoms with van der Waals surface area (Å²) in [6, 6.07) is 5.65. The van der Waals surface area contributed by atoms with E-state index in [1.165, 1.54) is 11.0 Å². The second kappa shape index (κ2) is 6.91. The van der Waals surface area contributed by atoms with Crippen molar-refractivity contribution < 1.29 is 18.3 Å². The molecule has 8 heteroatoms. The van der Waals surface area contributed by atoms with Crippen LogP contribution in [0.15, 0.2) is 36.5 Å². The number of thiocarbonyl (C=S) groups is 1. The van der Waals surface area contributed by atoms with Crippen molar-refractivity contribution in [3.63, 3.8) is 0 Å². The van der Waals surface area contributed by atoms with E-state index in [0.717, 1.165) is 0 Å². The van der Waals surface area contributed by atoms with Crippen LogP contribution >= 0.6 is 12.2 Å². The molecule has 1 aromatic carbocycles. The zero-order chi connectivity index (χ0) is 17.1. The molecule has 0 bridgehead atoms. The maximum Gasteiger partial charge on any atom is 0.387 e. The normalized spacial score (nSPS) is 20.7. The summed E-state index contributed by atoms with van der Waals surface area (Å²) in [7, 11) is 3.22. The first-order chi connectivity index (χ1) is 10.8. The Balaban J connectivity index is 2.46. The number of alkyl halides is 2. The van der Waals surface area contributed by atoms with Crippen LogP contribution in [0.1, 0.15) is 11.6 Å². The van der Waals surface area contributed by atoms with E-state index in [1.807, 2.05) is 0 Å². The fourth-order valence-electron chi connectivity index (χ4n) is 2.45. The fraction of sp³-hybridized carbons (Fsp3) is 0.333. The Labute approximate surface area is 138 Å². The van der Waals surface area contributed by atoms with Gasteiger partial charge in [0.2, 0.25) is 5.91 Å². The minimum absolute atomic E-state index is 0.00550. The predicted molar refractivity (Wildman–Crippen MR) is 86.0 cm³/mol. The summed E-state index contributed by atoms with van der Waals surface area (Å²) < 4.78 is 29.8. The van der Waals surface area contributed by atoms with Crippen LogP contribution in [0.3, 0.4) is 0 Å². The number of carbonyl (C=O) groups is 1. The van der Waals surface area contributed by atoms with Crippen molar-refractivity contribution in [2.75, 3.05) is 14.1 Å². The number of ether oxygens (including phenoxy) is 1.